The minimum Gasteiger partial charge on any atom is -0.477 e. The highest BCUT2D eigenvalue weighted by Crippen LogP contribution is 2.21. The van der Waals surface area contributed by atoms with Crippen molar-refractivity contribution in [2.75, 3.05) is 47.5 Å². The number of nitrogens with zero attached hydrogens (tertiary/aromatic N) is 1. The van der Waals surface area contributed by atoms with Crippen LogP contribution in [0.4, 0.5) is 0 Å². The Morgan fingerprint density at radius 3 is 0.849 bits per heavy atom. The molecule has 2 atom stereocenters. The number of quaternary nitrogens is 1. The smallest absolute Gasteiger partial charge is 0.361 e. The van der Waals surface area contributed by atoms with Gasteiger partial charge in [-0.3, -0.25) is 9.59 Å². The van der Waals surface area contributed by atoms with Gasteiger partial charge in [-0.05, 0) is 44.9 Å². The molecule has 0 saturated carbocycles. The molecule has 0 fully saturated rings. The van der Waals surface area contributed by atoms with Crippen LogP contribution in [0.5, 0.6) is 0 Å². The number of rotatable bonds is 79. The Labute approximate surface area is 579 Å². The number of unbranched alkanes of at least 4 members (excludes halogenated alkanes) is 60. The van der Waals surface area contributed by atoms with E-state index >= 15 is 0 Å². The van der Waals surface area contributed by atoms with E-state index in [0.717, 1.165) is 44.9 Å². The number of esters is 2. The Balaban J connectivity index is 3.94. The van der Waals surface area contributed by atoms with Gasteiger partial charge in [-0.15, -0.1) is 0 Å². The summed E-state index contributed by atoms with van der Waals surface area (Å²) in [5.41, 5.74) is 0. The van der Waals surface area contributed by atoms with Crippen LogP contribution in [0, 0.1) is 0 Å². The summed E-state index contributed by atoms with van der Waals surface area (Å²) < 4.78 is 23.1. The third-order valence-corrected chi connectivity index (χ3v) is 19.2. The summed E-state index contributed by atoms with van der Waals surface area (Å²) in [6.07, 6.45) is 93.5. The minimum atomic E-state index is -1.51. The maximum Gasteiger partial charge on any atom is 0.361 e. The molecule has 0 bridgehead atoms. The first-order chi connectivity index (χ1) is 45.6. The molecular formula is C84H162NO8+. The topological polar surface area (TPSA) is 108 Å². The highest BCUT2D eigenvalue weighted by Gasteiger charge is 2.25. The minimum absolute atomic E-state index is 0.173. The molecule has 0 aliphatic carbocycles. The average molecular weight is 1310 g/mol. The molecule has 0 aromatic rings. The van der Waals surface area contributed by atoms with Crippen LogP contribution in [0.3, 0.4) is 0 Å². The van der Waals surface area contributed by atoms with Crippen LogP contribution in [0.2, 0.25) is 0 Å². The second-order valence-electron chi connectivity index (χ2n) is 29.8. The van der Waals surface area contributed by atoms with Crippen molar-refractivity contribution in [1.82, 2.24) is 0 Å². The zero-order chi connectivity index (χ0) is 67.5. The molecule has 0 aromatic heterocycles. The van der Waals surface area contributed by atoms with Crippen LogP contribution in [0.15, 0.2) is 24.3 Å². The van der Waals surface area contributed by atoms with Crippen molar-refractivity contribution in [2.24, 2.45) is 0 Å². The Morgan fingerprint density at radius 1 is 0.323 bits per heavy atom. The zero-order valence-electron chi connectivity index (χ0n) is 63.2. The third-order valence-electron chi connectivity index (χ3n) is 19.2. The molecule has 0 amide bonds. The first kappa shape index (κ1) is 90.8. The molecule has 0 radical (unpaired) electrons. The second-order valence-corrected chi connectivity index (χ2v) is 29.8. The van der Waals surface area contributed by atoms with Crippen LogP contribution < -0.4 is 0 Å². The van der Waals surface area contributed by atoms with Crippen molar-refractivity contribution < 1.29 is 42.9 Å². The van der Waals surface area contributed by atoms with Crippen molar-refractivity contribution in [2.45, 2.75) is 450 Å². The summed E-state index contributed by atoms with van der Waals surface area (Å²) in [5, 5.41) is 9.78. The Morgan fingerprint density at radius 2 is 0.581 bits per heavy atom. The van der Waals surface area contributed by atoms with Gasteiger partial charge in [0.2, 0.25) is 0 Å². The molecule has 9 heteroatoms. The lowest BCUT2D eigenvalue weighted by Crippen LogP contribution is -2.40. The number of carboxylic acid groups (broad SMARTS) is 1. The number of allylic oxidation sites excluding steroid dienone is 4. The molecule has 2 unspecified atom stereocenters. The Bertz CT molecular complexity index is 1580. The first-order valence-corrected chi connectivity index (χ1v) is 41.5. The number of likely N-dealkylation sites (N-methyl/N-ethyl adjacent to an activating group) is 1. The summed E-state index contributed by atoms with van der Waals surface area (Å²) in [4.78, 5) is 37.8. The predicted octanol–water partition coefficient (Wildman–Crippen LogP) is 26.5. The normalized spacial score (nSPS) is 12.7. The van der Waals surface area contributed by atoms with Crippen LogP contribution >= 0.6 is 0 Å². The number of carbonyl (C=O) groups excluding carboxylic acids is 2. The molecule has 0 aromatic carbocycles. The fourth-order valence-electron chi connectivity index (χ4n) is 12.9. The fraction of sp³-hybridized carbons (Fsp3) is 0.917. The fourth-order valence-corrected chi connectivity index (χ4v) is 12.9. The SMILES string of the molecule is CCCCCCC/C=C\C/C=C\CCCCCCCCCCCCCCCCCCCCCCCCCC(=O)OC(COC(=O)CCCCCCCCCCCCCCCCCCCCCCCCCCCCCCCCCCC)COC(OCC[N+](C)(C)C)C(=O)O. The quantitative estimate of drug-likeness (QED) is 0.0211. The van der Waals surface area contributed by atoms with Crippen molar-refractivity contribution in [3.05, 3.63) is 24.3 Å². The van der Waals surface area contributed by atoms with Gasteiger partial charge in [0.1, 0.15) is 13.2 Å². The summed E-state index contributed by atoms with van der Waals surface area (Å²) in [5.74, 6) is -1.96. The predicted molar refractivity (Wildman–Crippen MR) is 401 cm³/mol. The zero-order valence-corrected chi connectivity index (χ0v) is 63.2. The van der Waals surface area contributed by atoms with E-state index in [1.54, 1.807) is 0 Å². The van der Waals surface area contributed by atoms with Gasteiger partial charge in [0.25, 0.3) is 6.29 Å². The van der Waals surface area contributed by atoms with Gasteiger partial charge in [-0.2, -0.15) is 0 Å². The van der Waals surface area contributed by atoms with Gasteiger partial charge in [0, 0.05) is 12.8 Å². The lowest BCUT2D eigenvalue weighted by molar-refractivity contribution is -0.870. The summed E-state index contributed by atoms with van der Waals surface area (Å²) >= 11 is 0. The van der Waals surface area contributed by atoms with Gasteiger partial charge < -0.3 is 28.5 Å². The third kappa shape index (κ3) is 77.0. The largest absolute Gasteiger partial charge is 0.477 e. The van der Waals surface area contributed by atoms with E-state index in [-0.39, 0.29) is 38.2 Å². The number of carboxylic acids is 1. The number of hydrogen-bond acceptors (Lipinski definition) is 7. The van der Waals surface area contributed by atoms with Crippen molar-refractivity contribution >= 4 is 17.9 Å². The summed E-state index contributed by atoms with van der Waals surface area (Å²) in [6, 6.07) is 0. The monoisotopic (exact) mass is 1310 g/mol. The number of hydrogen-bond donors (Lipinski definition) is 1. The lowest BCUT2D eigenvalue weighted by Gasteiger charge is -2.25. The molecule has 550 valence electrons. The van der Waals surface area contributed by atoms with Gasteiger partial charge in [0.05, 0.1) is 34.4 Å². The highest BCUT2D eigenvalue weighted by atomic mass is 16.7. The van der Waals surface area contributed by atoms with Crippen LogP contribution in [-0.2, 0) is 33.3 Å². The van der Waals surface area contributed by atoms with Gasteiger partial charge in [0.15, 0.2) is 6.10 Å². The molecule has 0 aliphatic heterocycles. The molecule has 0 spiro atoms. The van der Waals surface area contributed by atoms with Gasteiger partial charge in [-0.1, -0.05) is 404 Å². The summed E-state index contributed by atoms with van der Waals surface area (Å²) in [7, 11) is 6.00. The second kappa shape index (κ2) is 75.5. The lowest BCUT2D eigenvalue weighted by atomic mass is 10.0. The number of ether oxygens (including phenoxy) is 4. The van der Waals surface area contributed by atoms with Gasteiger partial charge >= 0.3 is 17.9 Å². The van der Waals surface area contributed by atoms with E-state index in [2.05, 4.69) is 38.2 Å². The summed E-state index contributed by atoms with van der Waals surface area (Å²) in [6.45, 7) is 4.96. The van der Waals surface area contributed by atoms with E-state index in [1.807, 2.05) is 21.1 Å². The molecule has 9 nitrogen and oxygen atoms in total. The van der Waals surface area contributed by atoms with Crippen LogP contribution in [-0.4, -0.2) is 87.4 Å². The van der Waals surface area contributed by atoms with E-state index in [4.69, 9.17) is 18.9 Å². The van der Waals surface area contributed by atoms with Crippen molar-refractivity contribution in [3.8, 4) is 0 Å². The van der Waals surface area contributed by atoms with Crippen LogP contribution in [0.1, 0.15) is 438 Å². The molecule has 0 rings (SSSR count). The molecule has 1 N–H and O–H groups in total. The number of carbonyl (C=O) groups is 3. The van der Waals surface area contributed by atoms with E-state index in [9.17, 15) is 19.5 Å². The molecule has 0 heterocycles. The highest BCUT2D eigenvalue weighted by molar-refractivity contribution is 5.71. The standard InChI is InChI=1S/C84H161NO8/c1-6-8-10-12-14-16-18-20-22-24-26-28-30-32-34-36-38-40-41-43-45-47-49-51-53-55-57-59-61-63-65-67-69-71-73-75-82(87)93-80(79-92-84(83(88)89)90-77-76-85(3,4)5)78-91-81(86)74-72-70-68-66-64-62-60-58-56-54-52-50-48-46-44-42-39-37-35-33-31-29-27-25-23-21-19-17-15-13-11-9-7-2/h18,20,24,26,80,84H,6-17,19,21-23,25,27-79H2,1-5H3/p+1/b20-18-,26-24-. The maximum absolute atomic E-state index is 13.0. The Hall–Kier alpha value is -2.23. The van der Waals surface area contributed by atoms with Crippen molar-refractivity contribution in [1.29, 1.82) is 0 Å². The molecule has 0 aliphatic rings. The van der Waals surface area contributed by atoms with E-state index in [1.165, 1.54) is 366 Å². The van der Waals surface area contributed by atoms with Gasteiger partial charge in [-0.25, -0.2) is 4.79 Å². The van der Waals surface area contributed by atoms with Crippen molar-refractivity contribution in [3.63, 3.8) is 0 Å². The molecule has 93 heavy (non-hydrogen) atoms. The Kier molecular flexibility index (Phi) is 73.7. The average Bonchev–Trinajstić information content (AvgIpc) is 3.74. The molecular weight excluding hydrogens is 1150 g/mol. The number of aliphatic carboxylic acids is 1. The van der Waals surface area contributed by atoms with E-state index in [0.29, 0.717) is 17.4 Å². The first-order valence-electron chi connectivity index (χ1n) is 41.5. The van der Waals surface area contributed by atoms with Crippen LogP contribution in [0.25, 0.3) is 0 Å². The molecule has 0 saturated heterocycles. The van der Waals surface area contributed by atoms with E-state index < -0.39 is 18.4 Å². The maximum atomic E-state index is 13.0.